The number of rotatable bonds is 5. The topological polar surface area (TPSA) is 60.4 Å². The predicted octanol–water partition coefficient (Wildman–Crippen LogP) is 2.41. The Kier molecular flexibility index (Phi) is 4.01. The van der Waals surface area contributed by atoms with E-state index in [-0.39, 0.29) is 4.21 Å². The first-order valence-corrected chi connectivity index (χ1v) is 7.99. The summed E-state index contributed by atoms with van der Waals surface area (Å²) in [6.07, 6.45) is 0. The summed E-state index contributed by atoms with van der Waals surface area (Å²) in [5.74, 6) is -0.438. The number of Topliss-reactive ketones (excluding diaryl/α,β-unsaturated/α-hetero) is 1. The van der Waals surface area contributed by atoms with E-state index in [2.05, 4.69) is 0 Å². The molecule has 1 aromatic heterocycles. The summed E-state index contributed by atoms with van der Waals surface area (Å²) >= 11 is 1.11. The van der Waals surface area contributed by atoms with Gasteiger partial charge >= 0.3 is 0 Å². The van der Waals surface area contributed by atoms with Crippen LogP contribution in [0.2, 0.25) is 0 Å². The first-order valence-electron chi connectivity index (χ1n) is 5.46. The number of methoxy groups -OCH3 is 1. The maximum absolute atomic E-state index is 12.0. The van der Waals surface area contributed by atoms with Crippen molar-refractivity contribution < 1.29 is 17.9 Å². The summed E-state index contributed by atoms with van der Waals surface area (Å²) in [4.78, 5) is 12.0. The zero-order valence-electron chi connectivity index (χ0n) is 10.2. The third kappa shape index (κ3) is 3.21. The Balaban J connectivity index is 2.22. The maximum atomic E-state index is 12.0. The Labute approximate surface area is 115 Å². The van der Waals surface area contributed by atoms with Crippen molar-refractivity contribution in [3.05, 3.63) is 47.3 Å². The molecule has 0 saturated heterocycles. The van der Waals surface area contributed by atoms with Crippen molar-refractivity contribution in [3.63, 3.8) is 0 Å². The highest BCUT2D eigenvalue weighted by Gasteiger charge is 2.21. The predicted molar refractivity (Wildman–Crippen MR) is 73.7 cm³/mol. The SMILES string of the molecule is COc1cccc(C(=O)CS(=O)(=O)c2cccs2)c1. The monoisotopic (exact) mass is 296 g/mol. The van der Waals surface area contributed by atoms with Gasteiger partial charge < -0.3 is 4.74 Å². The second-order valence-electron chi connectivity index (χ2n) is 3.85. The molecule has 0 atom stereocenters. The Morgan fingerprint density at radius 1 is 1.26 bits per heavy atom. The summed E-state index contributed by atoms with van der Waals surface area (Å²) in [6.45, 7) is 0. The number of thiophene rings is 1. The molecule has 0 unspecified atom stereocenters. The zero-order chi connectivity index (χ0) is 13.9. The highest BCUT2D eigenvalue weighted by Crippen LogP contribution is 2.19. The van der Waals surface area contributed by atoms with Crippen LogP contribution in [0.1, 0.15) is 10.4 Å². The average Bonchev–Trinajstić information content (AvgIpc) is 2.93. The molecule has 0 aliphatic carbocycles. The van der Waals surface area contributed by atoms with Crippen molar-refractivity contribution in [2.75, 3.05) is 12.9 Å². The van der Waals surface area contributed by atoms with Gasteiger partial charge in [0.2, 0.25) is 0 Å². The fourth-order valence-corrected chi connectivity index (χ4v) is 3.88. The van der Waals surface area contributed by atoms with Gasteiger partial charge in [0.25, 0.3) is 0 Å². The lowest BCUT2D eigenvalue weighted by Crippen LogP contribution is -2.15. The average molecular weight is 296 g/mol. The van der Waals surface area contributed by atoms with E-state index in [0.29, 0.717) is 11.3 Å². The fourth-order valence-electron chi connectivity index (χ4n) is 1.56. The summed E-state index contributed by atoms with van der Waals surface area (Å²) in [5.41, 5.74) is 0.333. The molecule has 0 aliphatic rings. The van der Waals surface area contributed by atoms with Gasteiger partial charge in [-0.05, 0) is 23.6 Å². The Morgan fingerprint density at radius 3 is 2.68 bits per heavy atom. The van der Waals surface area contributed by atoms with E-state index < -0.39 is 21.4 Å². The Bertz CT molecular complexity index is 672. The molecule has 1 heterocycles. The molecular weight excluding hydrogens is 284 g/mol. The van der Waals surface area contributed by atoms with Gasteiger partial charge in [0, 0.05) is 5.56 Å². The molecule has 0 aliphatic heterocycles. The normalized spacial score (nSPS) is 11.2. The van der Waals surface area contributed by atoms with Gasteiger partial charge in [-0.15, -0.1) is 11.3 Å². The van der Waals surface area contributed by atoms with Gasteiger partial charge in [-0.1, -0.05) is 18.2 Å². The molecule has 0 amide bonds. The first kappa shape index (κ1) is 13.8. The standard InChI is InChI=1S/C13H12O4S2/c1-17-11-5-2-4-10(8-11)12(14)9-19(15,16)13-6-3-7-18-13/h2-8H,9H2,1H3. The van der Waals surface area contributed by atoms with Gasteiger partial charge in [-0.3, -0.25) is 4.79 Å². The summed E-state index contributed by atoms with van der Waals surface area (Å²) in [6, 6.07) is 9.61. The number of sulfone groups is 1. The largest absolute Gasteiger partial charge is 0.497 e. The molecule has 0 fully saturated rings. The summed E-state index contributed by atoms with van der Waals surface area (Å²) in [5, 5.41) is 1.67. The lowest BCUT2D eigenvalue weighted by molar-refractivity contribution is 0.102. The van der Waals surface area contributed by atoms with Crippen LogP contribution in [0.4, 0.5) is 0 Å². The Morgan fingerprint density at radius 2 is 2.05 bits per heavy atom. The van der Waals surface area contributed by atoms with E-state index in [4.69, 9.17) is 4.74 Å². The Hall–Kier alpha value is -1.66. The van der Waals surface area contributed by atoms with Crippen LogP contribution in [0.25, 0.3) is 0 Å². The van der Waals surface area contributed by atoms with Crippen LogP contribution in [-0.4, -0.2) is 27.1 Å². The number of carbonyl (C=O) groups excluding carboxylic acids is 1. The molecule has 6 heteroatoms. The molecule has 2 rings (SSSR count). The maximum Gasteiger partial charge on any atom is 0.195 e. The van der Waals surface area contributed by atoms with Crippen LogP contribution in [0, 0.1) is 0 Å². The van der Waals surface area contributed by atoms with E-state index in [0.717, 1.165) is 11.3 Å². The van der Waals surface area contributed by atoms with E-state index in [1.54, 1.807) is 29.6 Å². The molecule has 4 nitrogen and oxygen atoms in total. The number of benzene rings is 1. The molecule has 0 N–H and O–H groups in total. The number of ether oxygens (including phenoxy) is 1. The van der Waals surface area contributed by atoms with Crippen LogP contribution in [0.5, 0.6) is 5.75 Å². The number of carbonyl (C=O) groups is 1. The molecule has 0 radical (unpaired) electrons. The molecule has 0 spiro atoms. The number of ketones is 1. The molecule has 0 bridgehead atoms. The fraction of sp³-hybridized carbons (Fsp3) is 0.154. The summed E-state index contributed by atoms with van der Waals surface area (Å²) in [7, 11) is -2.06. The minimum atomic E-state index is -3.56. The molecular formula is C13H12O4S2. The smallest absolute Gasteiger partial charge is 0.195 e. The van der Waals surface area contributed by atoms with E-state index >= 15 is 0 Å². The van der Waals surface area contributed by atoms with Crippen molar-refractivity contribution >= 4 is 27.0 Å². The lowest BCUT2D eigenvalue weighted by atomic mass is 10.1. The van der Waals surface area contributed by atoms with Gasteiger partial charge in [0.05, 0.1) is 7.11 Å². The van der Waals surface area contributed by atoms with Crippen molar-refractivity contribution in [2.45, 2.75) is 4.21 Å². The zero-order valence-corrected chi connectivity index (χ0v) is 11.8. The highest BCUT2D eigenvalue weighted by atomic mass is 32.2. The van der Waals surface area contributed by atoms with Gasteiger partial charge in [-0.2, -0.15) is 0 Å². The van der Waals surface area contributed by atoms with Crippen molar-refractivity contribution in [1.82, 2.24) is 0 Å². The van der Waals surface area contributed by atoms with Gasteiger partial charge in [-0.25, -0.2) is 8.42 Å². The second kappa shape index (κ2) is 5.54. The second-order valence-corrected chi connectivity index (χ2v) is 7.01. The van der Waals surface area contributed by atoms with E-state index in [9.17, 15) is 13.2 Å². The minimum Gasteiger partial charge on any atom is -0.497 e. The van der Waals surface area contributed by atoms with Gasteiger partial charge in [0.1, 0.15) is 15.7 Å². The van der Waals surface area contributed by atoms with Crippen molar-refractivity contribution in [3.8, 4) is 5.75 Å². The quantitative estimate of drug-likeness (QED) is 0.795. The van der Waals surface area contributed by atoms with Crippen molar-refractivity contribution in [1.29, 1.82) is 0 Å². The molecule has 0 saturated carbocycles. The highest BCUT2D eigenvalue weighted by molar-refractivity contribution is 7.94. The number of hydrogen-bond donors (Lipinski definition) is 0. The van der Waals surface area contributed by atoms with Crippen LogP contribution >= 0.6 is 11.3 Å². The van der Waals surface area contributed by atoms with E-state index in [1.165, 1.54) is 19.2 Å². The summed E-state index contributed by atoms with van der Waals surface area (Å²) < 4.78 is 29.2. The minimum absolute atomic E-state index is 0.212. The molecule has 1 aromatic carbocycles. The van der Waals surface area contributed by atoms with E-state index in [1.807, 2.05) is 0 Å². The first-order chi connectivity index (χ1) is 9.03. The van der Waals surface area contributed by atoms with Crippen LogP contribution in [0.15, 0.2) is 46.0 Å². The lowest BCUT2D eigenvalue weighted by Gasteiger charge is -2.04. The van der Waals surface area contributed by atoms with Crippen LogP contribution < -0.4 is 4.74 Å². The molecule has 2 aromatic rings. The number of hydrogen-bond acceptors (Lipinski definition) is 5. The third-order valence-corrected chi connectivity index (χ3v) is 5.62. The van der Waals surface area contributed by atoms with Crippen LogP contribution in [0.3, 0.4) is 0 Å². The van der Waals surface area contributed by atoms with Gasteiger partial charge in [0.15, 0.2) is 15.6 Å². The van der Waals surface area contributed by atoms with Crippen molar-refractivity contribution in [2.24, 2.45) is 0 Å². The third-order valence-electron chi connectivity index (χ3n) is 2.51. The molecule has 100 valence electrons. The molecule has 19 heavy (non-hydrogen) atoms. The van der Waals surface area contributed by atoms with Crippen LogP contribution in [-0.2, 0) is 9.84 Å².